The largest absolute Gasteiger partial charge is 0.390 e. The highest BCUT2D eigenvalue weighted by atomic mass is 32.2. The molecule has 0 heterocycles. The number of benzene rings is 1. The Morgan fingerprint density at radius 2 is 1.72 bits per heavy atom. The summed E-state index contributed by atoms with van der Waals surface area (Å²) in [5.41, 5.74) is -0.232. The van der Waals surface area contributed by atoms with Gasteiger partial charge in [0.25, 0.3) is 10.0 Å². The first-order chi connectivity index (χ1) is 11.7. The molecule has 7 heteroatoms. The highest BCUT2D eigenvalue weighted by Crippen LogP contribution is 2.57. The Morgan fingerprint density at radius 1 is 1.12 bits per heavy atom. The number of aryl methyl sites for hydroxylation is 1. The van der Waals surface area contributed by atoms with Crippen molar-refractivity contribution in [1.82, 2.24) is 10.0 Å². The maximum absolute atomic E-state index is 12.4. The van der Waals surface area contributed by atoms with Gasteiger partial charge in [0.1, 0.15) is 0 Å². The predicted molar refractivity (Wildman–Crippen MR) is 92.4 cm³/mol. The van der Waals surface area contributed by atoms with E-state index in [1.165, 1.54) is 12.1 Å². The molecule has 0 saturated heterocycles. The second-order valence-electron chi connectivity index (χ2n) is 8.34. The number of rotatable bonds is 3. The Kier molecular flexibility index (Phi) is 3.67. The van der Waals surface area contributed by atoms with E-state index in [1.807, 2.05) is 6.92 Å². The Hall–Kier alpha value is -1.60. The van der Waals surface area contributed by atoms with Crippen molar-refractivity contribution in [2.75, 3.05) is 0 Å². The molecule has 4 aliphatic rings. The van der Waals surface area contributed by atoms with Crippen LogP contribution in [0.15, 0.2) is 29.2 Å². The zero-order valence-corrected chi connectivity index (χ0v) is 15.1. The molecule has 4 bridgehead atoms. The zero-order chi connectivity index (χ0) is 17.9. The lowest BCUT2D eigenvalue weighted by atomic mass is 9.51. The van der Waals surface area contributed by atoms with E-state index >= 15 is 0 Å². The minimum Gasteiger partial charge on any atom is -0.390 e. The van der Waals surface area contributed by atoms with Crippen molar-refractivity contribution in [3.63, 3.8) is 0 Å². The van der Waals surface area contributed by atoms with E-state index in [9.17, 15) is 18.3 Å². The Bertz CT molecular complexity index is 789. The lowest BCUT2D eigenvalue weighted by Gasteiger charge is -2.60. The van der Waals surface area contributed by atoms with Crippen LogP contribution in [-0.4, -0.2) is 30.7 Å². The van der Waals surface area contributed by atoms with Crippen molar-refractivity contribution in [3.05, 3.63) is 29.8 Å². The molecule has 5 rings (SSSR count). The summed E-state index contributed by atoms with van der Waals surface area (Å²) in [4.78, 5) is 12.5. The third-order valence-electron chi connectivity index (χ3n) is 5.97. The summed E-state index contributed by atoms with van der Waals surface area (Å²) in [6, 6.07) is 5.66. The van der Waals surface area contributed by atoms with Crippen LogP contribution in [0.5, 0.6) is 0 Å². The molecule has 6 nitrogen and oxygen atoms in total. The molecule has 2 amide bonds. The average Bonchev–Trinajstić information content (AvgIpc) is 2.43. The van der Waals surface area contributed by atoms with Gasteiger partial charge in [0.2, 0.25) is 0 Å². The van der Waals surface area contributed by atoms with Crippen LogP contribution in [-0.2, 0) is 10.0 Å². The van der Waals surface area contributed by atoms with Gasteiger partial charge in [-0.05, 0) is 69.4 Å². The highest BCUT2D eigenvalue weighted by molar-refractivity contribution is 7.90. The molecule has 0 radical (unpaired) electrons. The van der Waals surface area contributed by atoms with Gasteiger partial charge < -0.3 is 10.4 Å². The second kappa shape index (κ2) is 5.45. The summed E-state index contributed by atoms with van der Waals surface area (Å²) in [6.07, 6.45) is 4.88. The summed E-state index contributed by atoms with van der Waals surface area (Å²) in [7, 11) is -3.90. The van der Waals surface area contributed by atoms with Crippen molar-refractivity contribution >= 4 is 16.1 Å². The lowest BCUT2D eigenvalue weighted by Crippen LogP contribution is -2.66. The van der Waals surface area contributed by atoms with Gasteiger partial charge in [-0.3, -0.25) is 0 Å². The van der Waals surface area contributed by atoms with Gasteiger partial charge in [0.15, 0.2) is 0 Å². The van der Waals surface area contributed by atoms with Crippen LogP contribution in [0.2, 0.25) is 0 Å². The van der Waals surface area contributed by atoms with Gasteiger partial charge in [-0.2, -0.15) is 0 Å². The molecular formula is C18H24N2O4S. The normalized spacial score (nSPS) is 36.2. The lowest BCUT2D eigenvalue weighted by molar-refractivity contribution is -0.139. The summed E-state index contributed by atoms with van der Waals surface area (Å²) in [6.45, 7) is 1.87. The number of urea groups is 1. The SMILES string of the molecule is Cc1ccc(S(=O)(=O)NC(=O)NC23CC4CC(CC(O)(C4)C2)C3)cc1. The van der Waals surface area contributed by atoms with E-state index in [-0.39, 0.29) is 4.90 Å². The van der Waals surface area contributed by atoms with E-state index < -0.39 is 27.2 Å². The molecular weight excluding hydrogens is 340 g/mol. The molecule has 4 saturated carbocycles. The van der Waals surface area contributed by atoms with Crippen molar-refractivity contribution in [3.8, 4) is 0 Å². The molecule has 2 unspecified atom stereocenters. The maximum Gasteiger partial charge on any atom is 0.329 e. The number of hydrogen-bond acceptors (Lipinski definition) is 4. The summed E-state index contributed by atoms with van der Waals surface area (Å²) in [5, 5.41) is 13.6. The fourth-order valence-corrected chi connectivity index (χ4v) is 6.43. The highest BCUT2D eigenvalue weighted by Gasteiger charge is 2.57. The van der Waals surface area contributed by atoms with Crippen molar-refractivity contribution < 1.29 is 18.3 Å². The monoisotopic (exact) mass is 364 g/mol. The predicted octanol–water partition coefficient (Wildman–Crippen LogP) is 2.07. The minimum atomic E-state index is -3.90. The van der Waals surface area contributed by atoms with Crippen molar-refractivity contribution in [1.29, 1.82) is 0 Å². The van der Waals surface area contributed by atoms with Gasteiger partial charge >= 0.3 is 6.03 Å². The number of carbonyl (C=O) groups excluding carboxylic acids is 1. The number of nitrogens with one attached hydrogen (secondary N) is 2. The van der Waals surface area contributed by atoms with Gasteiger partial charge in [-0.15, -0.1) is 0 Å². The van der Waals surface area contributed by atoms with E-state index in [4.69, 9.17) is 0 Å². The van der Waals surface area contributed by atoms with Gasteiger partial charge in [0, 0.05) is 5.54 Å². The molecule has 4 fully saturated rings. The zero-order valence-electron chi connectivity index (χ0n) is 14.3. The first-order valence-corrected chi connectivity index (χ1v) is 10.3. The molecule has 3 N–H and O–H groups in total. The molecule has 0 aromatic heterocycles. The first-order valence-electron chi connectivity index (χ1n) is 8.81. The number of hydrogen-bond donors (Lipinski definition) is 3. The van der Waals surface area contributed by atoms with Crippen molar-refractivity contribution in [2.24, 2.45) is 11.8 Å². The number of amides is 2. The molecule has 1 aromatic rings. The third kappa shape index (κ3) is 3.15. The van der Waals surface area contributed by atoms with Gasteiger partial charge in [-0.1, -0.05) is 17.7 Å². The smallest absolute Gasteiger partial charge is 0.329 e. The summed E-state index contributed by atoms with van der Waals surface area (Å²) < 4.78 is 26.9. The molecule has 2 atom stereocenters. The van der Waals surface area contributed by atoms with Gasteiger partial charge in [-0.25, -0.2) is 17.9 Å². The Labute approximate surface area is 148 Å². The molecule has 4 aliphatic carbocycles. The molecule has 136 valence electrons. The number of aliphatic hydroxyl groups is 1. The van der Waals surface area contributed by atoms with E-state index in [2.05, 4.69) is 10.0 Å². The van der Waals surface area contributed by atoms with E-state index in [0.29, 0.717) is 18.3 Å². The van der Waals surface area contributed by atoms with Crippen LogP contribution in [0, 0.1) is 18.8 Å². The second-order valence-corrected chi connectivity index (χ2v) is 10.0. The fraction of sp³-hybridized carbons (Fsp3) is 0.611. The maximum atomic E-state index is 12.4. The average molecular weight is 364 g/mol. The third-order valence-corrected chi connectivity index (χ3v) is 7.31. The number of carbonyl (C=O) groups is 1. The summed E-state index contributed by atoms with van der Waals surface area (Å²) in [5.74, 6) is 0.834. The molecule has 0 aliphatic heterocycles. The topological polar surface area (TPSA) is 95.5 Å². The van der Waals surface area contributed by atoms with Crippen molar-refractivity contribution in [2.45, 2.75) is 61.5 Å². The van der Waals surface area contributed by atoms with Crippen LogP contribution in [0.25, 0.3) is 0 Å². The molecule has 1 aromatic carbocycles. The first kappa shape index (κ1) is 16.8. The van der Waals surface area contributed by atoms with Crippen LogP contribution in [0.4, 0.5) is 4.79 Å². The standard InChI is InChI=1S/C18H24N2O4S/c1-12-2-4-15(5-3-12)25(23,24)20-16(21)19-17-7-13-6-14(8-17)10-18(22,9-13)11-17/h2-5,13-14,22H,6-11H2,1H3,(H2,19,20,21). The molecule has 25 heavy (non-hydrogen) atoms. The van der Waals surface area contributed by atoms with E-state index in [0.717, 1.165) is 37.7 Å². The minimum absolute atomic E-state index is 0.0670. The van der Waals surface area contributed by atoms with Crippen LogP contribution < -0.4 is 10.0 Å². The number of sulfonamides is 1. The Morgan fingerprint density at radius 3 is 2.28 bits per heavy atom. The van der Waals surface area contributed by atoms with Crippen LogP contribution >= 0.6 is 0 Å². The summed E-state index contributed by atoms with van der Waals surface area (Å²) >= 11 is 0. The fourth-order valence-electron chi connectivity index (χ4n) is 5.53. The Balaban J connectivity index is 1.48. The van der Waals surface area contributed by atoms with Crippen LogP contribution in [0.1, 0.15) is 44.1 Å². The molecule has 0 spiro atoms. The van der Waals surface area contributed by atoms with Gasteiger partial charge in [0.05, 0.1) is 10.5 Å². The van der Waals surface area contributed by atoms with Crippen LogP contribution in [0.3, 0.4) is 0 Å². The van der Waals surface area contributed by atoms with E-state index in [1.54, 1.807) is 12.1 Å². The quantitative estimate of drug-likeness (QED) is 0.765.